The standard InChI is InChI=1S/C21H20ClN5O/c1-14(25-17-3-2-4-24-13-17)18-10-16(22)11-19-15(12-23)9-20(26-21(18)19)27-5-7-28-8-6-27/h2-4,9-11,13-14,25H,5-8H2,1H3. The molecule has 1 aliphatic heterocycles. The molecule has 1 unspecified atom stereocenters. The molecule has 3 heterocycles. The summed E-state index contributed by atoms with van der Waals surface area (Å²) in [5.74, 6) is 0.796. The van der Waals surface area contributed by atoms with E-state index in [1.165, 1.54) is 0 Å². The van der Waals surface area contributed by atoms with Crippen LogP contribution in [0.15, 0.2) is 42.7 Å². The molecule has 0 radical (unpaired) electrons. The Morgan fingerprint density at radius 2 is 2.11 bits per heavy atom. The molecule has 1 saturated heterocycles. The van der Waals surface area contributed by atoms with Gasteiger partial charge in [-0.15, -0.1) is 0 Å². The lowest BCUT2D eigenvalue weighted by Crippen LogP contribution is -2.36. The number of rotatable bonds is 4. The Balaban J connectivity index is 1.81. The van der Waals surface area contributed by atoms with Gasteiger partial charge in [0.1, 0.15) is 5.82 Å². The first-order valence-corrected chi connectivity index (χ1v) is 9.57. The maximum Gasteiger partial charge on any atom is 0.130 e. The van der Waals surface area contributed by atoms with Crippen molar-refractivity contribution in [1.29, 1.82) is 5.26 Å². The molecule has 7 heteroatoms. The zero-order valence-corrected chi connectivity index (χ0v) is 16.3. The van der Waals surface area contributed by atoms with Gasteiger partial charge in [0.15, 0.2) is 0 Å². The molecular formula is C21H20ClN5O. The number of aromatic nitrogens is 2. The number of nitrogens with one attached hydrogen (secondary N) is 1. The largest absolute Gasteiger partial charge is 0.378 e. The highest BCUT2D eigenvalue weighted by atomic mass is 35.5. The molecule has 0 bridgehead atoms. The summed E-state index contributed by atoms with van der Waals surface area (Å²) in [6.45, 7) is 4.89. The summed E-state index contributed by atoms with van der Waals surface area (Å²) < 4.78 is 5.44. The van der Waals surface area contributed by atoms with Gasteiger partial charge in [-0.1, -0.05) is 11.6 Å². The Morgan fingerprint density at radius 3 is 2.82 bits per heavy atom. The van der Waals surface area contributed by atoms with Gasteiger partial charge in [0, 0.05) is 41.5 Å². The van der Waals surface area contributed by atoms with E-state index in [2.05, 4.69) is 21.3 Å². The van der Waals surface area contributed by atoms with Gasteiger partial charge in [0.05, 0.1) is 42.1 Å². The first-order chi connectivity index (χ1) is 13.7. The lowest BCUT2D eigenvalue weighted by Gasteiger charge is -2.28. The van der Waals surface area contributed by atoms with Crippen LogP contribution in [-0.4, -0.2) is 36.3 Å². The Labute approximate surface area is 168 Å². The number of fused-ring (bicyclic) bond motifs is 1. The Bertz CT molecular complexity index is 1030. The van der Waals surface area contributed by atoms with Crippen molar-refractivity contribution in [3.8, 4) is 6.07 Å². The van der Waals surface area contributed by atoms with E-state index in [0.29, 0.717) is 23.8 Å². The molecule has 3 aromatic rings. The Hall–Kier alpha value is -2.88. The second-order valence-corrected chi connectivity index (χ2v) is 7.17. The normalized spacial score (nSPS) is 15.2. The van der Waals surface area contributed by atoms with Gasteiger partial charge in [0.25, 0.3) is 0 Å². The van der Waals surface area contributed by atoms with Crippen LogP contribution >= 0.6 is 11.6 Å². The molecule has 1 aliphatic rings. The van der Waals surface area contributed by atoms with E-state index in [1.54, 1.807) is 12.4 Å². The monoisotopic (exact) mass is 393 g/mol. The zero-order chi connectivity index (χ0) is 19.5. The smallest absolute Gasteiger partial charge is 0.130 e. The molecule has 1 N–H and O–H groups in total. The van der Waals surface area contributed by atoms with Crippen molar-refractivity contribution in [3.63, 3.8) is 0 Å². The van der Waals surface area contributed by atoms with E-state index < -0.39 is 0 Å². The van der Waals surface area contributed by atoms with Gasteiger partial charge in [-0.2, -0.15) is 5.26 Å². The number of hydrogen-bond donors (Lipinski definition) is 1. The van der Waals surface area contributed by atoms with Crippen LogP contribution < -0.4 is 10.2 Å². The molecule has 1 atom stereocenters. The van der Waals surface area contributed by atoms with Crippen LogP contribution in [0.2, 0.25) is 5.02 Å². The maximum atomic E-state index is 9.73. The fourth-order valence-corrected chi connectivity index (χ4v) is 3.68. The zero-order valence-electron chi connectivity index (χ0n) is 15.5. The van der Waals surface area contributed by atoms with Crippen molar-refractivity contribution < 1.29 is 4.74 Å². The summed E-state index contributed by atoms with van der Waals surface area (Å²) in [6, 6.07) is 11.6. The number of benzene rings is 1. The summed E-state index contributed by atoms with van der Waals surface area (Å²) in [7, 11) is 0. The predicted molar refractivity (Wildman–Crippen MR) is 111 cm³/mol. The highest BCUT2D eigenvalue weighted by molar-refractivity contribution is 6.31. The van der Waals surface area contributed by atoms with Crippen molar-refractivity contribution in [2.45, 2.75) is 13.0 Å². The highest BCUT2D eigenvalue weighted by Gasteiger charge is 2.19. The lowest BCUT2D eigenvalue weighted by atomic mass is 10.0. The number of nitrogens with zero attached hydrogens (tertiary/aromatic N) is 4. The molecule has 4 rings (SSSR count). The number of pyridine rings is 2. The van der Waals surface area contributed by atoms with Crippen LogP contribution in [0.25, 0.3) is 10.9 Å². The van der Waals surface area contributed by atoms with Crippen molar-refractivity contribution in [2.75, 3.05) is 36.5 Å². The van der Waals surface area contributed by atoms with E-state index in [-0.39, 0.29) is 6.04 Å². The predicted octanol–water partition coefficient (Wildman–Crippen LogP) is 4.16. The van der Waals surface area contributed by atoms with Gasteiger partial charge in [0.2, 0.25) is 0 Å². The molecular weight excluding hydrogens is 374 g/mol. The van der Waals surface area contributed by atoms with E-state index in [4.69, 9.17) is 21.3 Å². The topological polar surface area (TPSA) is 74.1 Å². The van der Waals surface area contributed by atoms with Crippen molar-refractivity contribution in [3.05, 3.63) is 58.9 Å². The average Bonchev–Trinajstić information content (AvgIpc) is 2.73. The molecule has 1 aromatic carbocycles. The molecule has 2 aromatic heterocycles. The molecule has 0 aliphatic carbocycles. The summed E-state index contributed by atoms with van der Waals surface area (Å²) in [5, 5.41) is 14.5. The van der Waals surface area contributed by atoms with Crippen LogP contribution in [-0.2, 0) is 4.74 Å². The minimum absolute atomic E-state index is 0.0654. The molecule has 6 nitrogen and oxygen atoms in total. The second kappa shape index (κ2) is 8.01. The third-order valence-corrected chi connectivity index (χ3v) is 5.08. The molecule has 28 heavy (non-hydrogen) atoms. The molecule has 0 saturated carbocycles. The first-order valence-electron chi connectivity index (χ1n) is 9.19. The van der Waals surface area contributed by atoms with Crippen LogP contribution in [0.3, 0.4) is 0 Å². The Morgan fingerprint density at radius 1 is 1.29 bits per heavy atom. The molecule has 1 fully saturated rings. The van der Waals surface area contributed by atoms with Crippen LogP contribution in [0.1, 0.15) is 24.1 Å². The van der Waals surface area contributed by atoms with Crippen molar-refractivity contribution in [1.82, 2.24) is 9.97 Å². The van der Waals surface area contributed by atoms with E-state index in [0.717, 1.165) is 41.1 Å². The summed E-state index contributed by atoms with van der Waals surface area (Å²) >= 11 is 6.38. The fraction of sp³-hybridized carbons (Fsp3) is 0.286. The SMILES string of the molecule is CC(Nc1cccnc1)c1cc(Cl)cc2c(C#N)cc(N3CCOCC3)nc12. The number of halogens is 1. The quantitative estimate of drug-likeness (QED) is 0.717. The summed E-state index contributed by atoms with van der Waals surface area (Å²) in [6.07, 6.45) is 3.51. The van der Waals surface area contributed by atoms with E-state index >= 15 is 0 Å². The van der Waals surface area contributed by atoms with Gasteiger partial charge in [-0.25, -0.2) is 4.98 Å². The fourth-order valence-electron chi connectivity index (χ4n) is 3.46. The van der Waals surface area contributed by atoms with Crippen LogP contribution in [0.4, 0.5) is 11.5 Å². The average molecular weight is 394 g/mol. The van der Waals surface area contributed by atoms with Gasteiger partial charge < -0.3 is 15.0 Å². The van der Waals surface area contributed by atoms with Crippen LogP contribution in [0.5, 0.6) is 0 Å². The first kappa shape index (κ1) is 18.5. The van der Waals surface area contributed by atoms with Gasteiger partial charge in [-0.3, -0.25) is 4.98 Å². The van der Waals surface area contributed by atoms with Crippen LogP contribution in [0, 0.1) is 11.3 Å². The van der Waals surface area contributed by atoms with Gasteiger partial charge >= 0.3 is 0 Å². The van der Waals surface area contributed by atoms with E-state index in [1.807, 2.05) is 37.3 Å². The maximum absolute atomic E-state index is 9.73. The highest BCUT2D eigenvalue weighted by Crippen LogP contribution is 2.33. The number of anilines is 2. The number of hydrogen-bond acceptors (Lipinski definition) is 6. The van der Waals surface area contributed by atoms with Crippen molar-refractivity contribution >= 4 is 34.0 Å². The summed E-state index contributed by atoms with van der Waals surface area (Å²) in [5.41, 5.74) is 3.21. The number of ether oxygens (including phenoxy) is 1. The van der Waals surface area contributed by atoms with Gasteiger partial charge in [-0.05, 0) is 37.3 Å². The third kappa shape index (κ3) is 3.72. The third-order valence-electron chi connectivity index (χ3n) is 4.86. The Kier molecular flexibility index (Phi) is 5.29. The minimum atomic E-state index is -0.0654. The van der Waals surface area contributed by atoms with Crippen molar-refractivity contribution in [2.24, 2.45) is 0 Å². The minimum Gasteiger partial charge on any atom is -0.378 e. The molecule has 142 valence electrons. The van der Waals surface area contributed by atoms with E-state index in [9.17, 15) is 5.26 Å². The molecule has 0 spiro atoms. The lowest BCUT2D eigenvalue weighted by molar-refractivity contribution is 0.122. The molecule has 0 amide bonds. The number of nitriles is 1. The summed E-state index contributed by atoms with van der Waals surface area (Å²) in [4.78, 5) is 11.2. The number of morpholine rings is 1. The second-order valence-electron chi connectivity index (χ2n) is 6.74.